The maximum absolute atomic E-state index is 13.3. The Bertz CT molecular complexity index is 401. The number of ether oxygens (including phenoxy) is 1. The highest BCUT2D eigenvalue weighted by Crippen LogP contribution is 2.23. The summed E-state index contributed by atoms with van der Waals surface area (Å²) in [5, 5.41) is 2.13. The Kier molecular flexibility index (Phi) is 5.02. The first-order valence-corrected chi connectivity index (χ1v) is 5.75. The van der Waals surface area contributed by atoms with Crippen LogP contribution in [-0.2, 0) is 9.53 Å². The van der Waals surface area contributed by atoms with Crippen LogP contribution in [0.5, 0.6) is 0 Å². The zero-order valence-corrected chi connectivity index (χ0v) is 11.0. The average molecular weight is 308 g/mol. The molecule has 0 aliphatic heterocycles. The van der Waals surface area contributed by atoms with Crippen LogP contribution in [0.1, 0.15) is 13.8 Å². The number of anilines is 1. The van der Waals surface area contributed by atoms with E-state index in [2.05, 4.69) is 21.2 Å². The summed E-state index contributed by atoms with van der Waals surface area (Å²) in [7, 11) is 0. The molecule has 1 aromatic rings. The van der Waals surface area contributed by atoms with E-state index in [1.807, 2.05) is 0 Å². The summed E-state index contributed by atoms with van der Waals surface area (Å²) in [6, 6.07) is 2.14. The van der Waals surface area contributed by atoms with Crippen LogP contribution in [0, 0.1) is 11.6 Å². The Morgan fingerprint density at radius 1 is 1.41 bits per heavy atom. The van der Waals surface area contributed by atoms with E-state index in [1.165, 1.54) is 0 Å². The van der Waals surface area contributed by atoms with Crippen molar-refractivity contribution in [3.05, 3.63) is 28.2 Å². The van der Waals surface area contributed by atoms with Gasteiger partial charge in [0.15, 0.2) is 11.6 Å². The van der Waals surface area contributed by atoms with Crippen LogP contribution in [0.25, 0.3) is 0 Å². The molecule has 0 heterocycles. The second-order valence-electron chi connectivity index (χ2n) is 3.65. The quantitative estimate of drug-likeness (QED) is 0.928. The summed E-state index contributed by atoms with van der Waals surface area (Å²) in [4.78, 5) is 11.3. The lowest BCUT2D eigenvalue weighted by atomic mass is 10.3. The van der Waals surface area contributed by atoms with Crippen LogP contribution < -0.4 is 5.32 Å². The number of hydrogen-bond acceptors (Lipinski definition) is 2. The zero-order valence-electron chi connectivity index (χ0n) is 9.39. The molecule has 0 unspecified atom stereocenters. The Morgan fingerprint density at radius 2 is 1.94 bits per heavy atom. The Balaban J connectivity index is 2.72. The van der Waals surface area contributed by atoms with Gasteiger partial charge in [-0.25, -0.2) is 8.78 Å². The molecule has 1 rings (SSSR count). The number of halogens is 3. The molecule has 6 heteroatoms. The fourth-order valence-electron chi connectivity index (χ4n) is 1.08. The smallest absolute Gasteiger partial charge is 0.250 e. The van der Waals surface area contributed by atoms with E-state index in [9.17, 15) is 13.6 Å². The second kappa shape index (κ2) is 6.07. The lowest BCUT2D eigenvalue weighted by Gasteiger charge is -2.10. The summed E-state index contributed by atoms with van der Waals surface area (Å²) in [6.07, 6.45) is -0.125. The molecule has 0 aromatic heterocycles. The Morgan fingerprint density at radius 3 is 2.41 bits per heavy atom. The van der Waals surface area contributed by atoms with Gasteiger partial charge in [0.05, 0.1) is 6.10 Å². The van der Waals surface area contributed by atoms with Crippen molar-refractivity contribution in [3.63, 3.8) is 0 Å². The summed E-state index contributed by atoms with van der Waals surface area (Å²) < 4.78 is 32.0. The van der Waals surface area contributed by atoms with Crippen molar-refractivity contribution in [1.29, 1.82) is 0 Å². The molecule has 0 saturated carbocycles. The van der Waals surface area contributed by atoms with Crippen molar-refractivity contribution in [2.45, 2.75) is 20.0 Å². The third-order valence-corrected chi connectivity index (χ3v) is 2.28. The van der Waals surface area contributed by atoms with Gasteiger partial charge in [0.1, 0.15) is 12.3 Å². The molecule has 1 aromatic carbocycles. The molecule has 0 spiro atoms. The standard InChI is InChI=1S/C11H12BrF2NO2/c1-6(2)17-5-10(16)15-11-8(13)3-7(12)4-9(11)14/h3-4,6H,5H2,1-2H3,(H,15,16). The van der Waals surface area contributed by atoms with Crippen molar-refractivity contribution in [2.24, 2.45) is 0 Å². The number of hydrogen-bond donors (Lipinski definition) is 1. The largest absolute Gasteiger partial charge is 0.369 e. The van der Waals surface area contributed by atoms with Gasteiger partial charge in [0.2, 0.25) is 0 Å². The molecule has 0 saturated heterocycles. The predicted molar refractivity (Wildman–Crippen MR) is 63.8 cm³/mol. The van der Waals surface area contributed by atoms with Gasteiger partial charge in [-0.1, -0.05) is 15.9 Å². The van der Waals surface area contributed by atoms with E-state index in [4.69, 9.17) is 4.74 Å². The average Bonchev–Trinajstić information content (AvgIpc) is 2.20. The highest BCUT2D eigenvalue weighted by molar-refractivity contribution is 9.10. The molecule has 1 N–H and O–H groups in total. The molecule has 0 atom stereocenters. The second-order valence-corrected chi connectivity index (χ2v) is 4.57. The van der Waals surface area contributed by atoms with E-state index in [0.717, 1.165) is 12.1 Å². The molecular weight excluding hydrogens is 296 g/mol. The minimum absolute atomic E-state index is 0.125. The van der Waals surface area contributed by atoms with Gasteiger partial charge in [0.25, 0.3) is 5.91 Å². The number of amides is 1. The number of nitrogens with one attached hydrogen (secondary N) is 1. The van der Waals surface area contributed by atoms with Gasteiger partial charge in [-0.15, -0.1) is 0 Å². The van der Waals surface area contributed by atoms with Gasteiger partial charge in [0, 0.05) is 4.47 Å². The summed E-state index contributed by atoms with van der Waals surface area (Å²) in [5.74, 6) is -2.27. The normalized spacial score (nSPS) is 10.7. The fraction of sp³-hybridized carbons (Fsp3) is 0.364. The molecule has 0 aliphatic carbocycles. The van der Waals surface area contributed by atoms with Gasteiger partial charge < -0.3 is 10.1 Å². The minimum Gasteiger partial charge on any atom is -0.369 e. The maximum atomic E-state index is 13.3. The highest BCUT2D eigenvalue weighted by Gasteiger charge is 2.13. The van der Waals surface area contributed by atoms with E-state index in [-0.39, 0.29) is 17.2 Å². The molecule has 1 amide bonds. The Hall–Kier alpha value is -1.01. The molecule has 17 heavy (non-hydrogen) atoms. The molecular formula is C11H12BrF2NO2. The van der Waals surface area contributed by atoms with E-state index >= 15 is 0 Å². The minimum atomic E-state index is -0.838. The lowest BCUT2D eigenvalue weighted by molar-refractivity contribution is -0.122. The van der Waals surface area contributed by atoms with Crippen molar-refractivity contribution >= 4 is 27.5 Å². The van der Waals surface area contributed by atoms with Crippen molar-refractivity contribution in [1.82, 2.24) is 0 Å². The van der Waals surface area contributed by atoms with Crippen LogP contribution in [-0.4, -0.2) is 18.6 Å². The molecule has 0 fully saturated rings. The van der Waals surface area contributed by atoms with Crippen molar-refractivity contribution < 1.29 is 18.3 Å². The molecule has 3 nitrogen and oxygen atoms in total. The van der Waals surface area contributed by atoms with E-state index in [1.54, 1.807) is 13.8 Å². The van der Waals surface area contributed by atoms with Crippen LogP contribution in [0.3, 0.4) is 0 Å². The predicted octanol–water partition coefficient (Wildman–Crippen LogP) is 3.09. The van der Waals surface area contributed by atoms with E-state index < -0.39 is 23.2 Å². The van der Waals surface area contributed by atoms with Crippen LogP contribution in [0.15, 0.2) is 16.6 Å². The van der Waals surface area contributed by atoms with Crippen LogP contribution in [0.2, 0.25) is 0 Å². The highest BCUT2D eigenvalue weighted by atomic mass is 79.9. The Labute approximate surface area is 106 Å². The summed E-state index contributed by atoms with van der Waals surface area (Å²) in [5.41, 5.74) is -0.467. The zero-order chi connectivity index (χ0) is 13.0. The number of rotatable bonds is 4. The monoisotopic (exact) mass is 307 g/mol. The first-order valence-electron chi connectivity index (χ1n) is 4.96. The van der Waals surface area contributed by atoms with E-state index in [0.29, 0.717) is 0 Å². The first-order chi connectivity index (χ1) is 7.90. The molecule has 0 aliphatic rings. The van der Waals surface area contributed by atoms with Crippen molar-refractivity contribution in [2.75, 3.05) is 11.9 Å². The third-order valence-electron chi connectivity index (χ3n) is 1.82. The SMILES string of the molecule is CC(C)OCC(=O)Nc1c(F)cc(Br)cc1F. The van der Waals surface area contributed by atoms with Gasteiger partial charge >= 0.3 is 0 Å². The first kappa shape index (κ1) is 14.1. The maximum Gasteiger partial charge on any atom is 0.250 e. The molecule has 94 valence electrons. The molecule has 0 radical (unpaired) electrons. The number of carbonyl (C=O) groups is 1. The molecule has 0 bridgehead atoms. The van der Waals surface area contributed by atoms with Gasteiger partial charge in [-0.05, 0) is 26.0 Å². The topological polar surface area (TPSA) is 38.3 Å². The van der Waals surface area contributed by atoms with Gasteiger partial charge in [-0.2, -0.15) is 0 Å². The number of carbonyl (C=O) groups excluding carboxylic acids is 1. The van der Waals surface area contributed by atoms with Crippen LogP contribution in [0.4, 0.5) is 14.5 Å². The van der Waals surface area contributed by atoms with Gasteiger partial charge in [-0.3, -0.25) is 4.79 Å². The third kappa shape index (κ3) is 4.40. The summed E-state index contributed by atoms with van der Waals surface area (Å²) in [6.45, 7) is 3.27. The van der Waals surface area contributed by atoms with Crippen molar-refractivity contribution in [3.8, 4) is 0 Å². The van der Waals surface area contributed by atoms with Crippen LogP contribution >= 0.6 is 15.9 Å². The fourth-order valence-corrected chi connectivity index (χ4v) is 1.48. The number of benzene rings is 1. The lowest BCUT2D eigenvalue weighted by Crippen LogP contribution is -2.21. The summed E-state index contributed by atoms with van der Waals surface area (Å²) >= 11 is 2.95.